The van der Waals surface area contributed by atoms with Gasteiger partial charge in [0, 0.05) is 17.8 Å². The Balaban J connectivity index is 0.0000000911. The molecule has 0 nitrogen and oxygen atoms in total. The fourth-order valence-electron chi connectivity index (χ4n) is 26.0. The fraction of sp³-hybridized carbons (Fsp3) is 0.119. The first-order valence-electron chi connectivity index (χ1n) is 51.2. The fourth-order valence-corrected chi connectivity index (χ4v) is 26.0. The highest BCUT2D eigenvalue weighted by Crippen LogP contribution is 2.66. The van der Waals surface area contributed by atoms with E-state index in [1.165, 1.54) is 262 Å². The van der Waals surface area contributed by atoms with Gasteiger partial charge in [-0.3, -0.25) is 0 Å². The lowest BCUT2D eigenvalue weighted by Crippen LogP contribution is -2.28. The summed E-state index contributed by atoms with van der Waals surface area (Å²) in [6.45, 7) is 19.8. The summed E-state index contributed by atoms with van der Waals surface area (Å²) in [4.78, 5) is 0. The highest BCUT2D eigenvalue weighted by atomic mass is 14.6. The topological polar surface area (TPSA) is 0 Å². The number of aryl methyl sites for hydroxylation is 7. The molecule has 0 aliphatic heterocycles. The van der Waals surface area contributed by atoms with Gasteiger partial charge < -0.3 is 0 Å². The molecule has 21 aromatic rings. The van der Waals surface area contributed by atoms with Crippen LogP contribution in [0.25, 0.3) is 100 Å². The molecule has 0 N–H and O–H groups in total. The summed E-state index contributed by atoms with van der Waals surface area (Å²) in [5.74, 6) is 1.53. The predicted octanol–water partition coefficient (Wildman–Crippen LogP) is 36.4. The molecule has 0 bridgehead atoms. The Morgan fingerprint density at radius 2 is 0.441 bits per heavy atom. The summed E-state index contributed by atoms with van der Waals surface area (Å²) in [5.41, 5.74) is 63.6. The number of hydrogen-bond acceptors (Lipinski definition) is 0. The minimum absolute atomic E-state index is 0.188. The van der Waals surface area contributed by atoms with Gasteiger partial charge in [-0.15, -0.1) is 0 Å². The van der Waals surface area contributed by atoms with Crippen molar-refractivity contribution in [1.82, 2.24) is 0 Å². The van der Waals surface area contributed by atoms with E-state index in [4.69, 9.17) is 0 Å². The van der Waals surface area contributed by atoms with Crippen LogP contribution >= 0.6 is 0 Å². The average molecular weight is 1830 g/mol. The first kappa shape index (κ1) is 89.3. The normalized spacial score (nSPS) is 15.0. The molecule has 30 rings (SSSR count). The van der Waals surface area contributed by atoms with E-state index in [-0.39, 0.29) is 16.2 Å². The summed E-state index contributed by atoms with van der Waals surface area (Å²) in [6.07, 6.45) is 2.29. The van der Waals surface area contributed by atoms with Crippen molar-refractivity contribution in [2.75, 3.05) is 0 Å². The zero-order chi connectivity index (χ0) is 96.8. The van der Waals surface area contributed by atoms with Crippen molar-refractivity contribution >= 4 is 0 Å². The van der Waals surface area contributed by atoms with Crippen molar-refractivity contribution in [2.45, 2.75) is 109 Å². The lowest BCUT2D eigenvalue weighted by atomic mass is 9.68. The number of hydrogen-bond donors (Lipinski definition) is 0. The van der Waals surface area contributed by atoms with Crippen molar-refractivity contribution in [3.05, 3.63) is 641 Å². The van der Waals surface area contributed by atoms with Gasteiger partial charge in [0.05, 0.1) is 16.2 Å². The summed E-state index contributed by atoms with van der Waals surface area (Å²) < 4.78 is 0. The van der Waals surface area contributed by atoms with Crippen LogP contribution in [0.4, 0.5) is 0 Å². The lowest BCUT2D eigenvalue weighted by Gasteiger charge is -2.33. The Hall–Kier alpha value is -16.4. The maximum atomic E-state index is 2.40. The van der Waals surface area contributed by atoms with E-state index in [0.717, 1.165) is 6.42 Å². The van der Waals surface area contributed by atoms with Crippen LogP contribution in [-0.4, -0.2) is 0 Å². The largest absolute Gasteiger partial charge is 0.0725 e. The maximum Gasteiger partial charge on any atom is 0.0725 e. The molecule has 3 unspecified atom stereocenters. The zero-order valence-electron chi connectivity index (χ0n) is 82.8. The van der Waals surface area contributed by atoms with Crippen molar-refractivity contribution < 1.29 is 0 Å². The molecular weight excluding hydrogens is 1720 g/mol. The summed E-state index contributed by atoms with van der Waals surface area (Å²) in [6, 6.07) is 178. The van der Waals surface area contributed by atoms with Crippen LogP contribution in [0, 0.1) is 48.5 Å². The van der Waals surface area contributed by atoms with Crippen LogP contribution in [-0.2, 0) is 22.7 Å². The van der Waals surface area contributed by atoms with Gasteiger partial charge in [-0.05, 0) is 278 Å². The van der Waals surface area contributed by atoms with Crippen LogP contribution in [0.15, 0.2) is 485 Å². The molecule has 0 heteroatoms. The van der Waals surface area contributed by atoms with Gasteiger partial charge in [0.2, 0.25) is 0 Å². The lowest BCUT2D eigenvalue weighted by molar-refractivity contribution is 0.768. The second kappa shape index (κ2) is 36.7. The Morgan fingerprint density at radius 3 is 0.909 bits per heavy atom. The molecule has 9 aliphatic rings. The van der Waals surface area contributed by atoms with Crippen LogP contribution < -0.4 is 0 Å². The highest BCUT2D eigenvalue weighted by Gasteiger charge is 2.54. The van der Waals surface area contributed by atoms with E-state index in [2.05, 4.69) is 548 Å². The zero-order valence-corrected chi connectivity index (χ0v) is 82.8. The Kier molecular flexibility index (Phi) is 22.9. The minimum Gasteiger partial charge on any atom is -0.0645 e. The second-order valence-electron chi connectivity index (χ2n) is 40.5. The molecule has 686 valence electrons. The molecule has 0 aromatic heterocycles. The van der Waals surface area contributed by atoms with E-state index < -0.39 is 0 Å². The minimum atomic E-state index is -0.262. The Morgan fingerprint density at radius 1 is 0.182 bits per heavy atom. The standard InChI is InChI=1S/2C26H18.C26H20.C20H16.C16H16.C15H14.C14H12/c1-17-14-15-25-21(16-17)20-10-4-7-13-24(20)26(25)22-11-5-2-8-18(22)19-9-3-6-12-23(19)26;1-17-14-15-21-20-10-4-7-13-24(20)26(25(21)16-17)22-11-5-2-8-18(22)19-9-3-6-12-23(19)26;1-19-16-17-25-23(18-19)22-14-8-9-15-24(22)26(25,20-10-4-2-5-11-20)21-12-6-3-7-13-21;1-14-11-12-18-19(13-14)16-9-5-6-10-17(16)20(18)15-7-3-2-4-8-15;1-3-12-13-6-4-5-7-14(13)16-10-11(2)8-9-15(12)16;1-10-7-8-13-11(2)12-5-3-4-6-14(12)15(13)9-10;1-10-6-7-12-9-11-4-2-3-5-13(11)14(12)8-10/h2*2-16H,1H3;2-18H,1H3;2-13,20H,1H3;4-10,12H,3H2,1-2H3;3-9,11H,1-2H3;2-8H,9H2,1H3. The highest BCUT2D eigenvalue weighted by molar-refractivity contribution is 5.98. The molecule has 0 fully saturated rings. The smallest absolute Gasteiger partial charge is 0.0645 e. The maximum absolute atomic E-state index is 2.40. The average Bonchev–Trinajstić information content (AvgIpc) is 1.51. The van der Waals surface area contributed by atoms with Gasteiger partial charge in [0.15, 0.2) is 0 Å². The van der Waals surface area contributed by atoms with Gasteiger partial charge >= 0.3 is 0 Å². The molecule has 143 heavy (non-hydrogen) atoms. The molecule has 3 atom stereocenters. The van der Waals surface area contributed by atoms with Crippen LogP contribution in [0.5, 0.6) is 0 Å². The second-order valence-corrected chi connectivity index (χ2v) is 40.5. The van der Waals surface area contributed by atoms with Crippen LogP contribution in [0.1, 0.15) is 194 Å². The van der Waals surface area contributed by atoms with Crippen molar-refractivity contribution in [2.24, 2.45) is 0 Å². The third-order valence-electron chi connectivity index (χ3n) is 32.1. The quantitative estimate of drug-likeness (QED) is 0.165. The Bertz CT molecular complexity index is 8280. The summed E-state index contributed by atoms with van der Waals surface area (Å²) in [5, 5.41) is 0. The van der Waals surface area contributed by atoms with Gasteiger partial charge in [0.25, 0.3) is 0 Å². The van der Waals surface area contributed by atoms with Gasteiger partial charge in [0.1, 0.15) is 0 Å². The molecule has 0 radical (unpaired) electrons. The van der Waals surface area contributed by atoms with Crippen molar-refractivity contribution in [1.29, 1.82) is 0 Å². The first-order chi connectivity index (χ1) is 70.2. The van der Waals surface area contributed by atoms with E-state index >= 15 is 0 Å². The van der Waals surface area contributed by atoms with Crippen LogP contribution in [0.3, 0.4) is 0 Å². The van der Waals surface area contributed by atoms with Crippen LogP contribution in [0.2, 0.25) is 0 Å². The van der Waals surface area contributed by atoms with E-state index in [0.29, 0.717) is 17.8 Å². The predicted molar refractivity (Wildman–Crippen MR) is 600 cm³/mol. The van der Waals surface area contributed by atoms with Crippen molar-refractivity contribution in [3.8, 4) is 100 Å². The Labute approximate surface area is 844 Å². The summed E-state index contributed by atoms with van der Waals surface area (Å²) >= 11 is 0. The molecule has 0 saturated heterocycles. The third kappa shape index (κ3) is 14.7. The summed E-state index contributed by atoms with van der Waals surface area (Å²) in [7, 11) is 0. The van der Waals surface area contributed by atoms with Gasteiger partial charge in [-0.25, -0.2) is 0 Å². The SMILES string of the molecule is CCC1c2ccccc2-c2cc(C)ccc21.Cc1ccc2c(c1)-c1ccccc1C2.Cc1ccc2c(c1)-c1ccccc1C2(c1ccccc1)c1ccccc1.Cc1ccc2c(c1)-c1ccccc1C21c2ccccc2-c2ccccc21.Cc1ccc2c(c1)-c1ccccc1C2C.Cc1ccc2c(c1)-c1ccccc1C2c1ccccc1.Cc1ccc2c(c1)C1(c3ccccc3-c3ccccc31)c1ccccc1-2. The molecule has 9 aliphatic carbocycles. The molecule has 0 heterocycles. The number of benzene rings is 21. The van der Waals surface area contributed by atoms with E-state index in [1.807, 2.05) is 0 Å². The molecule has 0 saturated carbocycles. The number of fused-ring (bicyclic) bond motifs is 35. The van der Waals surface area contributed by atoms with Crippen molar-refractivity contribution in [3.63, 3.8) is 0 Å². The van der Waals surface area contributed by atoms with E-state index in [1.54, 1.807) is 0 Å². The first-order valence-corrected chi connectivity index (χ1v) is 51.2. The monoisotopic (exact) mass is 1830 g/mol. The third-order valence-corrected chi connectivity index (χ3v) is 32.1. The molecule has 2 spiro atoms. The molecule has 21 aromatic carbocycles. The van der Waals surface area contributed by atoms with Gasteiger partial charge in [-0.2, -0.15) is 0 Å². The van der Waals surface area contributed by atoms with Gasteiger partial charge in [-0.1, -0.05) is 538 Å². The molecular formula is C143H114. The number of rotatable bonds is 4. The molecule has 0 amide bonds. The van der Waals surface area contributed by atoms with E-state index in [9.17, 15) is 0 Å².